The maximum absolute atomic E-state index is 12.2. The van der Waals surface area contributed by atoms with Gasteiger partial charge >= 0.3 is 0 Å². The first-order chi connectivity index (χ1) is 12.1. The van der Waals surface area contributed by atoms with Crippen LogP contribution in [0.25, 0.3) is 0 Å². The number of amides is 2. The van der Waals surface area contributed by atoms with Gasteiger partial charge in [-0.3, -0.25) is 9.59 Å². The number of benzene rings is 2. The van der Waals surface area contributed by atoms with Gasteiger partial charge in [0.1, 0.15) is 0 Å². The molecule has 0 saturated heterocycles. The van der Waals surface area contributed by atoms with Crippen LogP contribution in [0.5, 0.6) is 0 Å². The molecule has 0 aliphatic heterocycles. The van der Waals surface area contributed by atoms with Gasteiger partial charge in [0.15, 0.2) is 0 Å². The Morgan fingerprint density at radius 2 is 1.64 bits per heavy atom. The van der Waals surface area contributed by atoms with Gasteiger partial charge in [-0.2, -0.15) is 0 Å². The lowest BCUT2D eigenvalue weighted by molar-refractivity contribution is -0.120. The Hall–Kier alpha value is -2.62. The van der Waals surface area contributed by atoms with E-state index in [1.807, 2.05) is 43.3 Å². The number of carbonyl (C=O) groups excluding carboxylic acids is 2. The zero-order valence-electron chi connectivity index (χ0n) is 14.5. The fourth-order valence-corrected chi connectivity index (χ4v) is 3.38. The summed E-state index contributed by atoms with van der Waals surface area (Å²) in [6, 6.07) is 17.7. The first kappa shape index (κ1) is 17.2. The van der Waals surface area contributed by atoms with E-state index in [4.69, 9.17) is 0 Å². The van der Waals surface area contributed by atoms with Gasteiger partial charge in [0, 0.05) is 17.5 Å². The monoisotopic (exact) mass is 336 g/mol. The highest BCUT2D eigenvalue weighted by Gasteiger charge is 2.38. The van der Waals surface area contributed by atoms with Crippen LogP contribution in [0.1, 0.15) is 40.7 Å². The van der Waals surface area contributed by atoms with Crippen LogP contribution >= 0.6 is 0 Å². The molecular weight excluding hydrogens is 312 g/mol. The predicted molar refractivity (Wildman–Crippen MR) is 98.5 cm³/mol. The molecule has 3 rings (SSSR count). The van der Waals surface area contributed by atoms with Crippen LogP contribution in [-0.2, 0) is 10.2 Å². The standard InChI is InChI=1S/C21H24N2O2/c1-16-8-5-6-11-18(16)20(25)22-14-19(24)23-15-21(12-7-13-21)17-9-3-2-4-10-17/h2-6,8-11H,7,12-15H2,1H3,(H,22,25)(H,23,24). The van der Waals surface area contributed by atoms with Crippen molar-refractivity contribution in [1.82, 2.24) is 10.6 Å². The summed E-state index contributed by atoms with van der Waals surface area (Å²) < 4.78 is 0. The molecule has 4 nitrogen and oxygen atoms in total. The Labute approximate surface area is 148 Å². The number of hydrogen-bond donors (Lipinski definition) is 2. The van der Waals surface area contributed by atoms with E-state index in [0.29, 0.717) is 12.1 Å². The topological polar surface area (TPSA) is 58.2 Å². The Bertz CT molecular complexity index is 752. The molecule has 2 N–H and O–H groups in total. The molecule has 0 spiro atoms. The molecule has 1 aliphatic carbocycles. The van der Waals surface area contributed by atoms with Gasteiger partial charge in [-0.05, 0) is 37.0 Å². The predicted octanol–water partition coefficient (Wildman–Crippen LogP) is 2.96. The highest BCUT2D eigenvalue weighted by Crippen LogP contribution is 2.43. The molecule has 2 aromatic carbocycles. The number of rotatable bonds is 6. The summed E-state index contributed by atoms with van der Waals surface area (Å²) in [7, 11) is 0. The molecule has 0 bridgehead atoms. The molecule has 0 aromatic heterocycles. The second-order valence-corrected chi connectivity index (χ2v) is 6.77. The summed E-state index contributed by atoms with van der Waals surface area (Å²) in [5.74, 6) is -0.362. The van der Waals surface area contributed by atoms with Gasteiger partial charge in [0.05, 0.1) is 6.54 Å². The molecular formula is C21H24N2O2. The van der Waals surface area contributed by atoms with Crippen LogP contribution in [-0.4, -0.2) is 24.9 Å². The van der Waals surface area contributed by atoms with Crippen molar-refractivity contribution in [2.75, 3.05) is 13.1 Å². The smallest absolute Gasteiger partial charge is 0.251 e. The molecule has 2 aromatic rings. The lowest BCUT2D eigenvalue weighted by Crippen LogP contribution is -2.47. The molecule has 25 heavy (non-hydrogen) atoms. The number of aryl methyl sites for hydroxylation is 1. The van der Waals surface area contributed by atoms with E-state index in [2.05, 4.69) is 22.8 Å². The lowest BCUT2D eigenvalue weighted by atomic mass is 9.64. The quantitative estimate of drug-likeness (QED) is 0.852. The van der Waals surface area contributed by atoms with Crippen molar-refractivity contribution in [3.63, 3.8) is 0 Å². The van der Waals surface area contributed by atoms with Crippen LogP contribution in [0, 0.1) is 6.92 Å². The normalized spacial score (nSPS) is 15.1. The molecule has 0 atom stereocenters. The van der Waals surface area contributed by atoms with E-state index >= 15 is 0 Å². The first-order valence-electron chi connectivity index (χ1n) is 8.77. The van der Waals surface area contributed by atoms with E-state index in [9.17, 15) is 9.59 Å². The van der Waals surface area contributed by atoms with E-state index in [1.54, 1.807) is 6.07 Å². The van der Waals surface area contributed by atoms with Crippen molar-refractivity contribution in [3.8, 4) is 0 Å². The number of carbonyl (C=O) groups is 2. The molecule has 1 saturated carbocycles. The highest BCUT2D eigenvalue weighted by molar-refractivity contribution is 5.97. The maximum atomic E-state index is 12.2. The summed E-state index contributed by atoms with van der Waals surface area (Å²) in [5.41, 5.74) is 2.84. The summed E-state index contributed by atoms with van der Waals surface area (Å²) in [6.07, 6.45) is 3.37. The minimum absolute atomic E-state index is 0.00195. The van der Waals surface area contributed by atoms with Crippen molar-refractivity contribution in [3.05, 3.63) is 71.3 Å². The van der Waals surface area contributed by atoms with Gasteiger partial charge in [-0.15, -0.1) is 0 Å². The van der Waals surface area contributed by atoms with Crippen molar-refractivity contribution in [2.24, 2.45) is 0 Å². The van der Waals surface area contributed by atoms with Crippen LogP contribution in [0.15, 0.2) is 54.6 Å². The summed E-state index contributed by atoms with van der Waals surface area (Å²) in [5, 5.41) is 5.69. The van der Waals surface area contributed by atoms with Crippen molar-refractivity contribution < 1.29 is 9.59 Å². The molecule has 0 radical (unpaired) electrons. The molecule has 0 unspecified atom stereocenters. The minimum Gasteiger partial charge on any atom is -0.354 e. The fourth-order valence-electron chi connectivity index (χ4n) is 3.38. The number of hydrogen-bond acceptors (Lipinski definition) is 2. The maximum Gasteiger partial charge on any atom is 0.251 e. The average Bonchev–Trinajstić information content (AvgIpc) is 2.60. The zero-order chi connectivity index (χ0) is 17.7. The second-order valence-electron chi connectivity index (χ2n) is 6.77. The number of nitrogens with one attached hydrogen (secondary N) is 2. The third-order valence-corrected chi connectivity index (χ3v) is 5.12. The van der Waals surface area contributed by atoms with E-state index < -0.39 is 0 Å². The Balaban J connectivity index is 1.51. The third-order valence-electron chi connectivity index (χ3n) is 5.12. The van der Waals surface area contributed by atoms with Gasteiger partial charge in [-0.25, -0.2) is 0 Å². The summed E-state index contributed by atoms with van der Waals surface area (Å²) in [6.45, 7) is 2.50. The summed E-state index contributed by atoms with van der Waals surface area (Å²) >= 11 is 0. The fraction of sp³-hybridized carbons (Fsp3) is 0.333. The zero-order valence-corrected chi connectivity index (χ0v) is 14.5. The molecule has 4 heteroatoms. The molecule has 1 fully saturated rings. The van der Waals surface area contributed by atoms with Crippen LogP contribution in [0.3, 0.4) is 0 Å². The van der Waals surface area contributed by atoms with E-state index in [0.717, 1.165) is 18.4 Å². The van der Waals surface area contributed by atoms with Gasteiger partial charge in [0.2, 0.25) is 5.91 Å². The van der Waals surface area contributed by atoms with Crippen LogP contribution in [0.2, 0.25) is 0 Å². The van der Waals surface area contributed by atoms with Gasteiger partial charge in [0.25, 0.3) is 5.91 Å². The van der Waals surface area contributed by atoms with Crippen LogP contribution < -0.4 is 10.6 Å². The van der Waals surface area contributed by atoms with Gasteiger partial charge in [-0.1, -0.05) is 55.0 Å². The third kappa shape index (κ3) is 3.90. The first-order valence-corrected chi connectivity index (χ1v) is 8.77. The van der Waals surface area contributed by atoms with Crippen molar-refractivity contribution in [1.29, 1.82) is 0 Å². The Morgan fingerprint density at radius 1 is 0.960 bits per heavy atom. The van der Waals surface area contributed by atoms with E-state index in [-0.39, 0.29) is 23.8 Å². The van der Waals surface area contributed by atoms with Gasteiger partial charge < -0.3 is 10.6 Å². The van der Waals surface area contributed by atoms with E-state index in [1.165, 1.54) is 12.0 Å². The Kier molecular flexibility index (Phi) is 5.17. The molecule has 2 amide bonds. The molecule has 130 valence electrons. The van der Waals surface area contributed by atoms with Crippen molar-refractivity contribution >= 4 is 11.8 Å². The van der Waals surface area contributed by atoms with Crippen LogP contribution in [0.4, 0.5) is 0 Å². The minimum atomic E-state index is -0.213. The second kappa shape index (κ2) is 7.51. The lowest BCUT2D eigenvalue weighted by Gasteiger charge is -2.42. The average molecular weight is 336 g/mol. The highest BCUT2D eigenvalue weighted by atomic mass is 16.2. The largest absolute Gasteiger partial charge is 0.354 e. The Morgan fingerprint density at radius 3 is 2.28 bits per heavy atom. The molecule has 0 heterocycles. The SMILES string of the molecule is Cc1ccccc1C(=O)NCC(=O)NCC1(c2ccccc2)CCC1. The summed E-state index contributed by atoms with van der Waals surface area (Å²) in [4.78, 5) is 24.3. The molecule has 1 aliphatic rings. The van der Waals surface area contributed by atoms with Crippen molar-refractivity contribution in [2.45, 2.75) is 31.6 Å².